The van der Waals surface area contributed by atoms with Gasteiger partial charge in [0.15, 0.2) is 11.2 Å². The Morgan fingerprint density at radius 3 is 2.60 bits per heavy atom. The van der Waals surface area contributed by atoms with Gasteiger partial charge in [0.1, 0.15) is 11.6 Å². The van der Waals surface area contributed by atoms with Crippen molar-refractivity contribution in [2.45, 2.75) is 25.8 Å². The first-order chi connectivity index (χ1) is 16.7. The number of anilines is 2. The summed E-state index contributed by atoms with van der Waals surface area (Å²) in [5.74, 6) is -0.525. The van der Waals surface area contributed by atoms with Crippen molar-refractivity contribution in [3.8, 4) is 0 Å². The normalized spacial score (nSPS) is 15.8. The van der Waals surface area contributed by atoms with Crippen molar-refractivity contribution < 1.29 is 9.59 Å². The Labute approximate surface area is 202 Å². The molecule has 1 aromatic carbocycles. The number of carbonyl (C=O) groups excluding carboxylic acids is 2. The second-order valence-electron chi connectivity index (χ2n) is 8.49. The predicted molar refractivity (Wildman–Crippen MR) is 130 cm³/mol. The third-order valence-electron chi connectivity index (χ3n) is 6.04. The lowest BCUT2D eigenvalue weighted by molar-refractivity contribution is -0.117. The number of hydrogen-bond donors (Lipinski definition) is 1. The minimum Gasteiger partial charge on any atom is -0.315 e. The van der Waals surface area contributed by atoms with E-state index in [-0.39, 0.29) is 29.5 Å². The van der Waals surface area contributed by atoms with E-state index in [0.717, 1.165) is 15.8 Å². The van der Waals surface area contributed by atoms with Crippen molar-refractivity contribution in [3.63, 3.8) is 0 Å². The molecule has 0 radical (unpaired) electrons. The zero-order valence-electron chi connectivity index (χ0n) is 19.3. The molecule has 5 rings (SSSR count). The fourth-order valence-electron chi connectivity index (χ4n) is 4.13. The molecule has 1 atom stereocenters. The van der Waals surface area contributed by atoms with Crippen LogP contribution in [0.4, 0.5) is 10.8 Å². The van der Waals surface area contributed by atoms with Gasteiger partial charge < -0.3 is 9.47 Å². The van der Waals surface area contributed by atoms with Gasteiger partial charge in [0.05, 0.1) is 6.33 Å². The van der Waals surface area contributed by atoms with Crippen LogP contribution in [0.25, 0.3) is 11.2 Å². The van der Waals surface area contributed by atoms with E-state index >= 15 is 0 Å². The molecular formula is C22H22N8O4S. The Morgan fingerprint density at radius 2 is 1.86 bits per heavy atom. The highest BCUT2D eigenvalue weighted by Crippen LogP contribution is 2.34. The fraction of sp³-hybridized carbons (Fsp3) is 0.318. The van der Waals surface area contributed by atoms with Crippen molar-refractivity contribution in [3.05, 3.63) is 62.0 Å². The predicted octanol–water partition coefficient (Wildman–Crippen LogP) is 0.753. The number of amides is 2. The van der Waals surface area contributed by atoms with E-state index in [2.05, 4.69) is 20.5 Å². The Hall–Kier alpha value is -4.13. The van der Waals surface area contributed by atoms with Crippen molar-refractivity contribution in [1.29, 1.82) is 0 Å². The van der Waals surface area contributed by atoms with Crippen LogP contribution in [-0.2, 0) is 30.2 Å². The first-order valence-electron chi connectivity index (χ1n) is 10.8. The lowest BCUT2D eigenvalue weighted by Crippen LogP contribution is -2.37. The van der Waals surface area contributed by atoms with Gasteiger partial charge in [-0.05, 0) is 19.1 Å². The molecule has 4 aromatic rings. The Kier molecular flexibility index (Phi) is 5.55. The van der Waals surface area contributed by atoms with E-state index in [0.29, 0.717) is 23.1 Å². The highest BCUT2D eigenvalue weighted by atomic mass is 32.1. The highest BCUT2D eigenvalue weighted by molar-refractivity contribution is 7.15. The number of nitrogens with one attached hydrogen (secondary N) is 1. The number of hydrogen-bond acceptors (Lipinski definition) is 8. The van der Waals surface area contributed by atoms with Gasteiger partial charge in [-0.1, -0.05) is 29.0 Å². The molecule has 1 saturated heterocycles. The lowest BCUT2D eigenvalue weighted by atomic mass is 10.1. The summed E-state index contributed by atoms with van der Waals surface area (Å²) in [5, 5.41) is 11.9. The number of aromatic nitrogens is 6. The molecule has 1 aliphatic rings. The second kappa shape index (κ2) is 8.58. The molecule has 13 heteroatoms. The van der Waals surface area contributed by atoms with Crippen LogP contribution in [0.15, 0.2) is 40.2 Å². The van der Waals surface area contributed by atoms with Crippen LogP contribution in [0.3, 0.4) is 0 Å². The summed E-state index contributed by atoms with van der Waals surface area (Å²) < 4.78 is 3.62. The van der Waals surface area contributed by atoms with Gasteiger partial charge >= 0.3 is 5.69 Å². The Bertz CT molecular complexity index is 1580. The molecule has 1 fully saturated rings. The van der Waals surface area contributed by atoms with E-state index in [9.17, 15) is 19.2 Å². The summed E-state index contributed by atoms with van der Waals surface area (Å²) in [7, 11) is 2.88. The molecule has 0 spiro atoms. The minimum absolute atomic E-state index is 0.0163. The number of imidazole rings is 1. The van der Waals surface area contributed by atoms with Crippen LogP contribution in [0.1, 0.15) is 22.9 Å². The summed E-state index contributed by atoms with van der Waals surface area (Å²) in [6.07, 6.45) is 1.67. The summed E-state index contributed by atoms with van der Waals surface area (Å²) in [4.78, 5) is 55.7. The van der Waals surface area contributed by atoms with E-state index in [1.807, 2.05) is 31.2 Å². The maximum Gasteiger partial charge on any atom is 0.332 e. The molecule has 1 aliphatic heterocycles. The third kappa shape index (κ3) is 4.03. The lowest BCUT2D eigenvalue weighted by Gasteiger charge is -2.16. The quantitative estimate of drug-likeness (QED) is 0.432. The second-order valence-corrected chi connectivity index (χ2v) is 9.49. The standard InChI is InChI=1S/C22H22N8O4S/c1-12-4-6-14(7-5-12)30-9-13(8-16(30)32)19-25-26-21(35-19)24-15(31)10-29-11-23-18-17(29)20(33)28(3)22(34)27(18)2/h4-7,11,13H,8-10H2,1-3H3,(H,24,26,31). The van der Waals surface area contributed by atoms with Gasteiger partial charge in [0.2, 0.25) is 16.9 Å². The maximum absolute atomic E-state index is 12.7. The Balaban J connectivity index is 1.29. The zero-order valence-corrected chi connectivity index (χ0v) is 20.1. The summed E-state index contributed by atoms with van der Waals surface area (Å²) >= 11 is 1.22. The molecule has 0 bridgehead atoms. The molecule has 2 amide bonds. The number of nitrogens with zero attached hydrogens (tertiary/aromatic N) is 7. The van der Waals surface area contributed by atoms with Crippen molar-refractivity contribution >= 4 is 45.1 Å². The van der Waals surface area contributed by atoms with Gasteiger partial charge in [-0.15, -0.1) is 10.2 Å². The number of fused-ring (bicyclic) bond motifs is 1. The van der Waals surface area contributed by atoms with Crippen molar-refractivity contribution in [1.82, 2.24) is 28.9 Å². The monoisotopic (exact) mass is 494 g/mol. The number of benzene rings is 1. The molecule has 180 valence electrons. The number of carbonyl (C=O) groups is 2. The molecule has 35 heavy (non-hydrogen) atoms. The maximum atomic E-state index is 12.7. The van der Waals surface area contributed by atoms with Crippen molar-refractivity contribution in [2.75, 3.05) is 16.8 Å². The first-order valence-corrected chi connectivity index (χ1v) is 11.7. The average Bonchev–Trinajstić information content (AvgIpc) is 3.56. The third-order valence-corrected chi connectivity index (χ3v) is 7.04. The molecule has 0 aliphatic carbocycles. The summed E-state index contributed by atoms with van der Waals surface area (Å²) in [5.41, 5.74) is 1.30. The molecular weight excluding hydrogens is 472 g/mol. The number of rotatable bonds is 5. The van der Waals surface area contributed by atoms with Crippen LogP contribution in [-0.4, -0.2) is 47.2 Å². The van der Waals surface area contributed by atoms with Gasteiger partial charge in [-0.25, -0.2) is 9.78 Å². The molecule has 4 heterocycles. The smallest absolute Gasteiger partial charge is 0.315 e. The SMILES string of the molecule is Cc1ccc(N2CC(c3nnc(NC(=O)Cn4cnc5c4c(=O)n(C)c(=O)n5C)s3)CC2=O)cc1. The average molecular weight is 495 g/mol. The largest absolute Gasteiger partial charge is 0.332 e. The molecule has 1 N–H and O–H groups in total. The van der Waals surface area contributed by atoms with E-state index in [1.54, 1.807) is 4.90 Å². The molecule has 12 nitrogen and oxygen atoms in total. The zero-order chi connectivity index (χ0) is 24.9. The van der Waals surface area contributed by atoms with E-state index in [4.69, 9.17) is 0 Å². The topological polar surface area (TPSA) is 137 Å². The molecule has 1 unspecified atom stereocenters. The van der Waals surface area contributed by atoms with E-state index < -0.39 is 17.2 Å². The number of aryl methyl sites for hydroxylation is 2. The fourth-order valence-corrected chi connectivity index (χ4v) is 4.98. The van der Waals surface area contributed by atoms with Gasteiger partial charge in [0.25, 0.3) is 5.56 Å². The first kappa shape index (κ1) is 22.7. The molecule has 3 aromatic heterocycles. The van der Waals surface area contributed by atoms with Crippen LogP contribution in [0, 0.1) is 6.92 Å². The van der Waals surface area contributed by atoms with Gasteiger partial charge in [-0.3, -0.25) is 28.8 Å². The van der Waals surface area contributed by atoms with E-state index in [1.165, 1.54) is 40.9 Å². The minimum atomic E-state index is -0.532. The van der Waals surface area contributed by atoms with Crippen LogP contribution >= 0.6 is 11.3 Å². The van der Waals surface area contributed by atoms with Crippen LogP contribution in [0.5, 0.6) is 0 Å². The summed E-state index contributed by atoms with van der Waals surface area (Å²) in [6.45, 7) is 2.29. The highest BCUT2D eigenvalue weighted by Gasteiger charge is 2.34. The molecule has 0 saturated carbocycles. The van der Waals surface area contributed by atoms with Gasteiger partial charge in [-0.2, -0.15) is 0 Å². The summed E-state index contributed by atoms with van der Waals surface area (Å²) in [6, 6.07) is 7.78. The Morgan fingerprint density at radius 1 is 1.11 bits per heavy atom. The van der Waals surface area contributed by atoms with Gasteiger partial charge in [0, 0.05) is 38.7 Å². The van der Waals surface area contributed by atoms with Crippen LogP contribution < -0.4 is 21.5 Å². The van der Waals surface area contributed by atoms with Crippen molar-refractivity contribution in [2.24, 2.45) is 14.1 Å². The van der Waals surface area contributed by atoms with Crippen LogP contribution in [0.2, 0.25) is 0 Å².